The van der Waals surface area contributed by atoms with Crippen LogP contribution in [0.3, 0.4) is 0 Å². The van der Waals surface area contributed by atoms with Crippen molar-refractivity contribution in [1.82, 2.24) is 9.80 Å². The molecule has 2 heterocycles. The molecule has 0 spiro atoms. The van der Waals surface area contributed by atoms with E-state index in [-0.39, 0.29) is 41.4 Å². The highest BCUT2D eigenvalue weighted by atomic mass is 16.5. The quantitative estimate of drug-likeness (QED) is 0.567. The first-order valence-corrected chi connectivity index (χ1v) is 9.05. The minimum absolute atomic E-state index is 0.110. The van der Waals surface area contributed by atoms with Crippen LogP contribution in [0.15, 0.2) is 12.2 Å². The van der Waals surface area contributed by atoms with Crippen molar-refractivity contribution in [3.8, 4) is 0 Å². The van der Waals surface area contributed by atoms with Gasteiger partial charge in [-0.25, -0.2) is 0 Å². The summed E-state index contributed by atoms with van der Waals surface area (Å²) in [5.74, 6) is -0.521. The molecular weight excluding hydrogens is 308 g/mol. The van der Waals surface area contributed by atoms with Crippen LogP contribution in [-0.4, -0.2) is 59.9 Å². The molecule has 6 heteroatoms. The van der Waals surface area contributed by atoms with Crippen molar-refractivity contribution in [2.45, 2.75) is 32.2 Å². The molecule has 5 aliphatic rings. The Kier molecular flexibility index (Phi) is 3.95. The zero-order valence-corrected chi connectivity index (χ0v) is 14.0. The fourth-order valence-corrected chi connectivity index (χ4v) is 4.87. The van der Waals surface area contributed by atoms with Gasteiger partial charge in [0, 0.05) is 13.1 Å². The summed E-state index contributed by atoms with van der Waals surface area (Å²) in [4.78, 5) is 41.9. The smallest absolute Gasteiger partial charge is 0.246 e. The lowest BCUT2D eigenvalue weighted by atomic mass is 9.63. The predicted octanol–water partition coefficient (Wildman–Crippen LogP) is 0.821. The van der Waals surface area contributed by atoms with Gasteiger partial charge in [-0.3, -0.25) is 19.3 Å². The first-order chi connectivity index (χ1) is 11.6. The van der Waals surface area contributed by atoms with Crippen LogP contribution in [0.2, 0.25) is 0 Å². The number of amides is 3. The number of ether oxygens (including phenoxy) is 1. The summed E-state index contributed by atoms with van der Waals surface area (Å²) in [6.07, 6.45) is 6.63. The third-order valence-electron chi connectivity index (χ3n) is 6.10. The zero-order valence-electron chi connectivity index (χ0n) is 14.0. The number of morpholine rings is 1. The topological polar surface area (TPSA) is 66.9 Å². The van der Waals surface area contributed by atoms with Crippen LogP contribution in [0.1, 0.15) is 26.2 Å². The van der Waals surface area contributed by atoms with Gasteiger partial charge in [-0.1, -0.05) is 19.1 Å². The number of likely N-dealkylation sites (tertiary alicyclic amines) is 1. The molecule has 2 bridgehead atoms. The predicted molar refractivity (Wildman–Crippen MR) is 85.7 cm³/mol. The Bertz CT molecular complexity index is 564. The average molecular weight is 332 g/mol. The summed E-state index contributed by atoms with van der Waals surface area (Å²) in [5.41, 5.74) is 0. The molecule has 0 unspecified atom stereocenters. The second-order valence-corrected chi connectivity index (χ2v) is 7.25. The van der Waals surface area contributed by atoms with Gasteiger partial charge >= 0.3 is 0 Å². The molecule has 3 aliphatic carbocycles. The average Bonchev–Trinajstić information content (AvgIpc) is 2.91. The number of allylic oxidation sites excluding steroid dienone is 2. The Morgan fingerprint density at radius 2 is 1.67 bits per heavy atom. The standard InChI is InChI=1S/C18H24N2O4/c1-2-13(16(21)19-7-9-24-10-8-19)20-17(22)14-11-3-4-12(6-5-11)15(14)18(20)23/h3-4,11-15H,2,5-10H2,1H3/t11-,12-,13+,14+,15+/m0/s1. The van der Waals surface area contributed by atoms with Crippen molar-refractivity contribution in [1.29, 1.82) is 0 Å². The second-order valence-electron chi connectivity index (χ2n) is 7.25. The second kappa shape index (κ2) is 5.99. The molecule has 2 saturated heterocycles. The van der Waals surface area contributed by atoms with Crippen LogP contribution in [0.25, 0.3) is 0 Å². The van der Waals surface area contributed by atoms with Gasteiger partial charge in [-0.05, 0) is 31.1 Å². The number of hydrogen-bond donors (Lipinski definition) is 0. The molecular formula is C18H24N2O4. The molecule has 3 amide bonds. The van der Waals surface area contributed by atoms with E-state index in [1.807, 2.05) is 6.92 Å². The molecule has 0 N–H and O–H groups in total. The maximum Gasteiger partial charge on any atom is 0.246 e. The number of carbonyl (C=O) groups is 3. The largest absolute Gasteiger partial charge is 0.378 e. The van der Waals surface area contributed by atoms with Gasteiger partial charge in [0.15, 0.2) is 0 Å². The molecule has 6 nitrogen and oxygen atoms in total. The molecule has 1 saturated carbocycles. The molecule has 5 atom stereocenters. The fraction of sp³-hybridized carbons (Fsp3) is 0.722. The summed E-state index contributed by atoms with van der Waals surface area (Å²) >= 11 is 0. The Hall–Kier alpha value is -1.69. The zero-order chi connectivity index (χ0) is 16.8. The molecule has 5 rings (SSSR count). The minimum Gasteiger partial charge on any atom is -0.378 e. The van der Waals surface area contributed by atoms with Gasteiger partial charge in [0.2, 0.25) is 17.7 Å². The molecule has 2 aliphatic heterocycles. The van der Waals surface area contributed by atoms with Gasteiger partial charge in [-0.15, -0.1) is 0 Å². The molecule has 0 aromatic heterocycles. The number of nitrogens with zero attached hydrogens (tertiary/aromatic N) is 2. The highest BCUT2D eigenvalue weighted by Crippen LogP contribution is 2.50. The lowest BCUT2D eigenvalue weighted by Gasteiger charge is -2.38. The number of carbonyl (C=O) groups excluding carboxylic acids is 3. The van der Waals surface area contributed by atoms with Crippen molar-refractivity contribution >= 4 is 17.7 Å². The molecule has 3 fully saturated rings. The van der Waals surface area contributed by atoms with Crippen LogP contribution in [0, 0.1) is 23.7 Å². The van der Waals surface area contributed by atoms with Crippen molar-refractivity contribution in [3.05, 3.63) is 12.2 Å². The van der Waals surface area contributed by atoms with Gasteiger partial charge in [-0.2, -0.15) is 0 Å². The molecule has 130 valence electrons. The summed E-state index contributed by atoms with van der Waals surface area (Å²) in [6, 6.07) is -0.659. The third kappa shape index (κ3) is 2.23. The SMILES string of the molecule is CC[C@H](C(=O)N1CCOCC1)N1C(=O)[C@H]2[C@H](C1=O)[C@H]1C=C[C@H]2CC1. The lowest BCUT2D eigenvalue weighted by molar-refractivity contribution is -0.153. The Morgan fingerprint density at radius 1 is 1.12 bits per heavy atom. The monoisotopic (exact) mass is 332 g/mol. The van der Waals surface area contributed by atoms with Crippen LogP contribution < -0.4 is 0 Å². The molecule has 0 aromatic carbocycles. The maximum absolute atomic E-state index is 13.0. The van der Waals surface area contributed by atoms with Gasteiger partial charge in [0.1, 0.15) is 6.04 Å². The van der Waals surface area contributed by atoms with E-state index in [9.17, 15) is 14.4 Å². The summed E-state index contributed by atoms with van der Waals surface area (Å²) in [6.45, 7) is 3.97. The Morgan fingerprint density at radius 3 is 2.12 bits per heavy atom. The summed E-state index contributed by atoms with van der Waals surface area (Å²) in [5, 5.41) is 0. The van der Waals surface area contributed by atoms with Gasteiger partial charge < -0.3 is 9.64 Å². The third-order valence-corrected chi connectivity index (χ3v) is 6.10. The normalized spacial score (nSPS) is 36.2. The first-order valence-electron chi connectivity index (χ1n) is 9.05. The van der Waals surface area contributed by atoms with E-state index in [1.165, 1.54) is 4.90 Å². The van der Waals surface area contributed by atoms with Crippen molar-refractivity contribution < 1.29 is 19.1 Å². The van der Waals surface area contributed by atoms with Crippen molar-refractivity contribution in [2.24, 2.45) is 23.7 Å². The molecule has 0 radical (unpaired) electrons. The molecule has 24 heavy (non-hydrogen) atoms. The van der Waals surface area contributed by atoms with E-state index in [0.29, 0.717) is 32.7 Å². The highest BCUT2D eigenvalue weighted by molar-refractivity contribution is 6.09. The fourth-order valence-electron chi connectivity index (χ4n) is 4.87. The van der Waals surface area contributed by atoms with Crippen molar-refractivity contribution in [3.63, 3.8) is 0 Å². The Labute approximate surface area is 141 Å². The van der Waals surface area contributed by atoms with Crippen LogP contribution in [0.4, 0.5) is 0 Å². The van der Waals surface area contributed by atoms with E-state index >= 15 is 0 Å². The molecule has 0 aromatic rings. The number of rotatable bonds is 3. The lowest BCUT2D eigenvalue weighted by Crippen LogP contribution is -2.53. The van der Waals surface area contributed by atoms with Gasteiger partial charge in [0.05, 0.1) is 25.0 Å². The number of fused-ring (bicyclic) bond motifs is 1. The van der Waals surface area contributed by atoms with E-state index in [2.05, 4.69) is 12.2 Å². The Balaban J connectivity index is 1.59. The maximum atomic E-state index is 13.0. The van der Waals surface area contributed by atoms with Crippen LogP contribution >= 0.6 is 0 Å². The summed E-state index contributed by atoms with van der Waals surface area (Å²) in [7, 11) is 0. The van der Waals surface area contributed by atoms with E-state index < -0.39 is 6.04 Å². The highest BCUT2D eigenvalue weighted by Gasteiger charge is 2.58. The van der Waals surface area contributed by atoms with E-state index in [1.54, 1.807) is 4.90 Å². The van der Waals surface area contributed by atoms with Crippen LogP contribution in [-0.2, 0) is 19.1 Å². The number of imide groups is 1. The first kappa shape index (κ1) is 15.8. The number of hydrogen-bond acceptors (Lipinski definition) is 4. The minimum atomic E-state index is -0.659. The van der Waals surface area contributed by atoms with Gasteiger partial charge in [0.25, 0.3) is 0 Å². The summed E-state index contributed by atoms with van der Waals surface area (Å²) < 4.78 is 5.29. The van der Waals surface area contributed by atoms with E-state index in [4.69, 9.17) is 4.74 Å². The van der Waals surface area contributed by atoms with E-state index in [0.717, 1.165) is 12.8 Å². The van der Waals surface area contributed by atoms with Crippen LogP contribution in [0.5, 0.6) is 0 Å². The van der Waals surface area contributed by atoms with Crippen molar-refractivity contribution in [2.75, 3.05) is 26.3 Å².